The van der Waals surface area contributed by atoms with E-state index in [9.17, 15) is 4.39 Å². The molecule has 0 radical (unpaired) electrons. The quantitative estimate of drug-likeness (QED) is 0.782. The van der Waals surface area contributed by atoms with Gasteiger partial charge in [0.1, 0.15) is 22.9 Å². The molecule has 5 nitrogen and oxygen atoms in total. The van der Waals surface area contributed by atoms with Crippen molar-refractivity contribution in [2.45, 2.75) is 33.2 Å². The van der Waals surface area contributed by atoms with E-state index in [0.29, 0.717) is 17.1 Å². The zero-order valence-electron chi connectivity index (χ0n) is 13.0. The monoisotopic (exact) mass is 302 g/mol. The van der Waals surface area contributed by atoms with Crippen molar-refractivity contribution in [3.63, 3.8) is 0 Å². The van der Waals surface area contributed by atoms with Crippen LogP contribution in [0.3, 0.4) is 0 Å². The topological polar surface area (TPSA) is 55.7 Å². The fourth-order valence-corrected chi connectivity index (χ4v) is 2.57. The molecule has 22 heavy (non-hydrogen) atoms. The minimum Gasteiger partial charge on any atom is -0.496 e. The number of rotatable bonds is 5. The minimum absolute atomic E-state index is 0.350. The predicted octanol–water partition coefficient (Wildman–Crippen LogP) is 3.68. The van der Waals surface area contributed by atoms with Crippen LogP contribution < -0.4 is 4.74 Å². The molecular formula is C16H19FN4O. The second-order valence-electron chi connectivity index (χ2n) is 5.26. The summed E-state index contributed by atoms with van der Waals surface area (Å²) in [5, 5.41) is 4.48. The molecule has 1 N–H and O–H groups in total. The Kier molecular flexibility index (Phi) is 3.83. The summed E-state index contributed by atoms with van der Waals surface area (Å²) in [7, 11) is 1.52. The van der Waals surface area contributed by atoms with Crippen LogP contribution >= 0.6 is 0 Å². The second kappa shape index (κ2) is 5.79. The van der Waals surface area contributed by atoms with E-state index in [1.807, 2.05) is 11.6 Å². The predicted molar refractivity (Wildman–Crippen MR) is 83.5 cm³/mol. The van der Waals surface area contributed by atoms with Crippen molar-refractivity contribution in [2.24, 2.45) is 0 Å². The van der Waals surface area contributed by atoms with Crippen molar-refractivity contribution in [1.29, 1.82) is 0 Å². The molecule has 0 unspecified atom stereocenters. The number of aryl methyl sites for hydroxylation is 2. The van der Waals surface area contributed by atoms with Gasteiger partial charge in [-0.05, 0) is 25.5 Å². The summed E-state index contributed by atoms with van der Waals surface area (Å²) >= 11 is 0. The summed E-state index contributed by atoms with van der Waals surface area (Å²) < 4.78 is 21.3. The Morgan fingerprint density at radius 3 is 2.91 bits per heavy atom. The third-order valence-electron chi connectivity index (χ3n) is 3.72. The fraction of sp³-hybridized carbons (Fsp3) is 0.375. The largest absolute Gasteiger partial charge is 0.496 e. The normalized spacial score (nSPS) is 11.3. The summed E-state index contributed by atoms with van der Waals surface area (Å²) in [6.07, 6.45) is 2.11. The first-order valence-electron chi connectivity index (χ1n) is 7.41. The molecule has 0 aliphatic rings. The molecule has 6 heteroatoms. The lowest BCUT2D eigenvalue weighted by molar-refractivity contribution is 0.413. The van der Waals surface area contributed by atoms with Crippen molar-refractivity contribution in [1.82, 2.24) is 19.7 Å². The van der Waals surface area contributed by atoms with E-state index >= 15 is 0 Å². The number of fused-ring (bicyclic) bond motifs is 1. The second-order valence-corrected chi connectivity index (χ2v) is 5.26. The lowest BCUT2D eigenvalue weighted by atomic mass is 10.2. The van der Waals surface area contributed by atoms with Gasteiger partial charge in [0.2, 0.25) is 0 Å². The number of benzene rings is 1. The van der Waals surface area contributed by atoms with Gasteiger partial charge in [-0.3, -0.25) is 0 Å². The summed E-state index contributed by atoms with van der Waals surface area (Å²) in [4.78, 5) is 7.73. The van der Waals surface area contributed by atoms with Crippen molar-refractivity contribution in [3.05, 3.63) is 29.7 Å². The highest BCUT2D eigenvalue weighted by atomic mass is 19.1. The molecule has 0 amide bonds. The van der Waals surface area contributed by atoms with Gasteiger partial charge in [0.05, 0.1) is 18.4 Å². The molecular weight excluding hydrogens is 283 g/mol. The molecule has 2 aromatic heterocycles. The third-order valence-corrected chi connectivity index (χ3v) is 3.72. The molecule has 0 fully saturated rings. The van der Waals surface area contributed by atoms with E-state index in [0.717, 1.165) is 36.2 Å². The van der Waals surface area contributed by atoms with Gasteiger partial charge >= 0.3 is 0 Å². The average Bonchev–Trinajstić information content (AvgIpc) is 3.06. The smallest absolute Gasteiger partial charge is 0.177 e. The Morgan fingerprint density at radius 1 is 1.36 bits per heavy atom. The Labute approximate surface area is 128 Å². The van der Waals surface area contributed by atoms with E-state index < -0.39 is 0 Å². The number of imidazole rings is 1. The van der Waals surface area contributed by atoms with Crippen molar-refractivity contribution in [3.8, 4) is 17.1 Å². The van der Waals surface area contributed by atoms with Gasteiger partial charge in [-0.2, -0.15) is 5.10 Å². The first-order chi connectivity index (χ1) is 10.7. The number of hydrogen-bond acceptors (Lipinski definition) is 3. The summed E-state index contributed by atoms with van der Waals surface area (Å²) in [6.45, 7) is 4.86. The SMILES string of the molecule is CCCCn1nc(C)c2[nH]c(-c3c(F)cccc3OC)nc21. The van der Waals surface area contributed by atoms with E-state index in [2.05, 4.69) is 22.0 Å². The third kappa shape index (κ3) is 2.34. The molecule has 3 rings (SSSR count). The van der Waals surface area contributed by atoms with Gasteiger partial charge in [0.15, 0.2) is 5.65 Å². The van der Waals surface area contributed by atoms with Crippen LogP contribution in [-0.2, 0) is 6.54 Å². The summed E-state index contributed by atoms with van der Waals surface area (Å²) in [6, 6.07) is 4.75. The molecule has 0 saturated carbocycles. The highest BCUT2D eigenvalue weighted by Gasteiger charge is 2.19. The highest BCUT2D eigenvalue weighted by Crippen LogP contribution is 2.32. The van der Waals surface area contributed by atoms with Crippen LogP contribution in [0.5, 0.6) is 5.75 Å². The number of aromatic amines is 1. The average molecular weight is 302 g/mol. The minimum atomic E-state index is -0.360. The van der Waals surface area contributed by atoms with Crippen LogP contribution in [0.15, 0.2) is 18.2 Å². The van der Waals surface area contributed by atoms with Crippen molar-refractivity contribution in [2.75, 3.05) is 7.11 Å². The number of H-pyrrole nitrogens is 1. The molecule has 0 atom stereocenters. The van der Waals surface area contributed by atoms with Gasteiger partial charge in [0.25, 0.3) is 0 Å². The maximum Gasteiger partial charge on any atom is 0.177 e. The summed E-state index contributed by atoms with van der Waals surface area (Å²) in [5.41, 5.74) is 2.81. The number of methoxy groups -OCH3 is 1. The molecule has 1 aromatic carbocycles. The Bertz CT molecular complexity index is 806. The van der Waals surface area contributed by atoms with Crippen LogP contribution in [0.1, 0.15) is 25.5 Å². The highest BCUT2D eigenvalue weighted by molar-refractivity contribution is 5.80. The first-order valence-corrected chi connectivity index (χ1v) is 7.41. The van der Waals surface area contributed by atoms with Crippen LogP contribution in [-0.4, -0.2) is 26.9 Å². The van der Waals surface area contributed by atoms with E-state index in [4.69, 9.17) is 4.74 Å². The van der Waals surface area contributed by atoms with E-state index in [-0.39, 0.29) is 5.82 Å². The molecule has 0 aliphatic carbocycles. The fourth-order valence-electron chi connectivity index (χ4n) is 2.57. The number of ether oxygens (including phenoxy) is 1. The van der Waals surface area contributed by atoms with Crippen molar-refractivity contribution >= 4 is 11.2 Å². The van der Waals surface area contributed by atoms with Crippen LogP contribution in [0, 0.1) is 12.7 Å². The number of aromatic nitrogens is 4. The number of nitrogens with one attached hydrogen (secondary N) is 1. The standard InChI is InChI=1S/C16H19FN4O/c1-4-5-9-21-16-14(10(2)20-21)18-15(19-16)13-11(17)7-6-8-12(13)22-3/h6-8H,4-5,9H2,1-3H3,(H,18,19). The molecule has 0 bridgehead atoms. The van der Waals surface area contributed by atoms with E-state index in [1.54, 1.807) is 12.1 Å². The number of nitrogens with zero attached hydrogens (tertiary/aromatic N) is 3. The Morgan fingerprint density at radius 2 is 2.18 bits per heavy atom. The van der Waals surface area contributed by atoms with Crippen LogP contribution in [0.4, 0.5) is 4.39 Å². The van der Waals surface area contributed by atoms with Crippen LogP contribution in [0.2, 0.25) is 0 Å². The van der Waals surface area contributed by atoms with Gasteiger partial charge in [-0.15, -0.1) is 0 Å². The number of unbranched alkanes of at least 4 members (excludes halogenated alkanes) is 1. The molecule has 116 valence electrons. The lowest BCUT2D eigenvalue weighted by Gasteiger charge is -2.06. The molecule has 3 aromatic rings. The summed E-state index contributed by atoms with van der Waals surface area (Å²) in [5.74, 6) is 0.569. The molecule has 2 heterocycles. The zero-order valence-corrected chi connectivity index (χ0v) is 13.0. The zero-order chi connectivity index (χ0) is 15.7. The maximum absolute atomic E-state index is 14.2. The number of hydrogen-bond donors (Lipinski definition) is 1. The lowest BCUT2D eigenvalue weighted by Crippen LogP contribution is -2.01. The van der Waals surface area contributed by atoms with Crippen LogP contribution in [0.25, 0.3) is 22.6 Å². The molecule has 0 saturated heterocycles. The number of halogens is 1. The molecule has 0 aliphatic heterocycles. The van der Waals surface area contributed by atoms with Gasteiger partial charge in [-0.25, -0.2) is 14.1 Å². The maximum atomic E-state index is 14.2. The van der Waals surface area contributed by atoms with Gasteiger partial charge in [-0.1, -0.05) is 19.4 Å². The molecule has 0 spiro atoms. The first kappa shape index (κ1) is 14.6. The van der Waals surface area contributed by atoms with Gasteiger partial charge in [0, 0.05) is 6.54 Å². The van der Waals surface area contributed by atoms with Gasteiger partial charge < -0.3 is 9.72 Å². The van der Waals surface area contributed by atoms with E-state index in [1.165, 1.54) is 13.2 Å². The Hall–Kier alpha value is -2.37. The Balaban J connectivity index is 2.13. The van der Waals surface area contributed by atoms with Crippen molar-refractivity contribution < 1.29 is 9.13 Å².